The molecule has 128 valence electrons. The Labute approximate surface area is 139 Å². The molecule has 0 saturated heterocycles. The molecule has 2 rings (SSSR count). The predicted molar refractivity (Wildman–Crippen MR) is 94.5 cm³/mol. The number of anilines is 1. The number of carbonyl (C=O) groups is 1. The molecular formula is C19H30N2O2. The van der Waals surface area contributed by atoms with Crippen molar-refractivity contribution < 1.29 is 9.53 Å². The van der Waals surface area contributed by atoms with Gasteiger partial charge in [-0.1, -0.05) is 39.2 Å². The largest absolute Gasteiger partial charge is 0.491 e. The minimum Gasteiger partial charge on any atom is -0.491 e. The normalized spacial score (nSPS) is 15.6. The fourth-order valence-corrected chi connectivity index (χ4v) is 2.95. The summed E-state index contributed by atoms with van der Waals surface area (Å²) < 4.78 is 5.68. The number of aryl methyl sites for hydroxylation is 1. The minimum absolute atomic E-state index is 0.149. The lowest BCUT2D eigenvalue weighted by atomic mass is 9.95. The second-order valence-corrected chi connectivity index (χ2v) is 6.98. The molecule has 1 aliphatic rings. The average Bonchev–Trinajstić information content (AvgIpc) is 2.53. The molecule has 4 nitrogen and oxygen atoms in total. The number of hydrogen-bond donors (Lipinski definition) is 2. The number of rotatable bonds is 7. The number of nitrogens with one attached hydrogen (secondary N) is 1. The highest BCUT2D eigenvalue weighted by molar-refractivity contribution is 5.76. The van der Waals surface area contributed by atoms with Crippen LogP contribution in [-0.4, -0.2) is 18.6 Å². The molecule has 0 spiro atoms. The van der Waals surface area contributed by atoms with Crippen LogP contribution in [0, 0.1) is 5.92 Å². The SMILES string of the molecule is CC(C)COc1ccc(CCC(=O)NC2CCCCC2)cc1N. The highest BCUT2D eigenvalue weighted by Crippen LogP contribution is 2.24. The van der Waals surface area contributed by atoms with Gasteiger partial charge in [0.2, 0.25) is 5.91 Å². The van der Waals surface area contributed by atoms with Gasteiger partial charge >= 0.3 is 0 Å². The van der Waals surface area contributed by atoms with Gasteiger partial charge in [-0.25, -0.2) is 0 Å². The summed E-state index contributed by atoms with van der Waals surface area (Å²) in [5.41, 5.74) is 7.77. The molecule has 0 aliphatic heterocycles. The zero-order valence-electron chi connectivity index (χ0n) is 14.4. The van der Waals surface area contributed by atoms with Crippen molar-refractivity contribution in [1.82, 2.24) is 5.32 Å². The Balaban J connectivity index is 1.78. The van der Waals surface area contributed by atoms with Crippen LogP contribution in [0.3, 0.4) is 0 Å². The van der Waals surface area contributed by atoms with E-state index < -0.39 is 0 Å². The Hall–Kier alpha value is -1.71. The zero-order valence-corrected chi connectivity index (χ0v) is 14.4. The van der Waals surface area contributed by atoms with Crippen LogP contribution in [0.2, 0.25) is 0 Å². The molecular weight excluding hydrogens is 288 g/mol. The fraction of sp³-hybridized carbons (Fsp3) is 0.632. The average molecular weight is 318 g/mol. The summed E-state index contributed by atoms with van der Waals surface area (Å²) in [5, 5.41) is 3.15. The molecule has 1 fully saturated rings. The minimum atomic E-state index is 0.149. The smallest absolute Gasteiger partial charge is 0.220 e. The first kappa shape index (κ1) is 17.6. The Bertz CT molecular complexity index is 508. The number of benzene rings is 1. The highest BCUT2D eigenvalue weighted by Gasteiger charge is 2.15. The maximum absolute atomic E-state index is 12.0. The first-order valence-corrected chi connectivity index (χ1v) is 8.85. The van der Waals surface area contributed by atoms with Crippen LogP contribution in [-0.2, 0) is 11.2 Å². The lowest BCUT2D eigenvalue weighted by molar-refractivity contribution is -0.121. The van der Waals surface area contributed by atoms with Crippen LogP contribution in [0.25, 0.3) is 0 Å². The molecule has 0 unspecified atom stereocenters. The lowest BCUT2D eigenvalue weighted by Gasteiger charge is -2.22. The Morgan fingerprint density at radius 2 is 2.04 bits per heavy atom. The van der Waals surface area contributed by atoms with E-state index in [2.05, 4.69) is 19.2 Å². The predicted octanol–water partition coefficient (Wildman–Crippen LogP) is 3.69. The third kappa shape index (κ3) is 6.12. The molecule has 0 heterocycles. The third-order valence-electron chi connectivity index (χ3n) is 4.26. The molecule has 3 N–H and O–H groups in total. The summed E-state index contributed by atoms with van der Waals surface area (Å²) >= 11 is 0. The van der Waals surface area contributed by atoms with Crippen molar-refractivity contribution in [3.05, 3.63) is 23.8 Å². The van der Waals surface area contributed by atoms with Gasteiger partial charge in [-0.15, -0.1) is 0 Å². The number of carbonyl (C=O) groups excluding carboxylic acids is 1. The van der Waals surface area contributed by atoms with Gasteiger partial charge in [-0.2, -0.15) is 0 Å². The van der Waals surface area contributed by atoms with E-state index in [1.165, 1.54) is 19.3 Å². The molecule has 23 heavy (non-hydrogen) atoms. The van der Waals surface area contributed by atoms with E-state index >= 15 is 0 Å². The molecule has 0 atom stereocenters. The topological polar surface area (TPSA) is 64.3 Å². The summed E-state index contributed by atoms with van der Waals surface area (Å²) in [4.78, 5) is 12.0. The standard InChI is InChI=1S/C19H30N2O2/c1-14(2)13-23-18-10-8-15(12-17(18)20)9-11-19(22)21-16-6-4-3-5-7-16/h8,10,12,14,16H,3-7,9,11,13,20H2,1-2H3,(H,21,22). The van der Waals surface area contributed by atoms with Crippen LogP contribution >= 0.6 is 0 Å². The first-order chi connectivity index (χ1) is 11.0. The van der Waals surface area contributed by atoms with E-state index in [1.54, 1.807) is 0 Å². The van der Waals surface area contributed by atoms with Gasteiger partial charge in [0.25, 0.3) is 0 Å². The molecule has 1 amide bonds. The Kier molecular flexibility index (Phi) is 6.75. The van der Waals surface area contributed by atoms with Crippen LogP contribution in [0.5, 0.6) is 5.75 Å². The van der Waals surface area contributed by atoms with Crippen LogP contribution in [0.1, 0.15) is 57.9 Å². The van der Waals surface area contributed by atoms with Crippen LogP contribution in [0.15, 0.2) is 18.2 Å². The monoisotopic (exact) mass is 318 g/mol. The maximum atomic E-state index is 12.0. The van der Waals surface area contributed by atoms with Crippen LogP contribution in [0.4, 0.5) is 5.69 Å². The molecule has 1 saturated carbocycles. The molecule has 0 radical (unpaired) electrons. The van der Waals surface area contributed by atoms with Crippen LogP contribution < -0.4 is 15.8 Å². The second-order valence-electron chi connectivity index (χ2n) is 6.98. The third-order valence-corrected chi connectivity index (χ3v) is 4.26. The van der Waals surface area contributed by atoms with Crippen molar-refractivity contribution in [2.24, 2.45) is 5.92 Å². The molecule has 0 aromatic heterocycles. The van der Waals surface area contributed by atoms with Gasteiger partial charge < -0.3 is 15.8 Å². The van der Waals surface area contributed by atoms with Crippen molar-refractivity contribution in [2.75, 3.05) is 12.3 Å². The van der Waals surface area contributed by atoms with Gasteiger partial charge in [0.15, 0.2) is 0 Å². The number of ether oxygens (including phenoxy) is 1. The number of nitrogen functional groups attached to an aromatic ring is 1. The van der Waals surface area contributed by atoms with Crippen molar-refractivity contribution in [1.29, 1.82) is 0 Å². The van der Waals surface area contributed by atoms with E-state index in [1.807, 2.05) is 18.2 Å². The van der Waals surface area contributed by atoms with E-state index in [4.69, 9.17) is 10.5 Å². The zero-order chi connectivity index (χ0) is 16.7. The first-order valence-electron chi connectivity index (χ1n) is 8.85. The summed E-state index contributed by atoms with van der Waals surface area (Å²) in [6.07, 6.45) is 7.26. The van der Waals surface area contributed by atoms with Crippen molar-refractivity contribution in [3.8, 4) is 5.75 Å². The molecule has 4 heteroatoms. The number of nitrogens with two attached hydrogens (primary N) is 1. The summed E-state index contributed by atoms with van der Waals surface area (Å²) in [7, 11) is 0. The van der Waals surface area contributed by atoms with E-state index in [9.17, 15) is 4.79 Å². The maximum Gasteiger partial charge on any atom is 0.220 e. The lowest BCUT2D eigenvalue weighted by Crippen LogP contribution is -2.36. The molecule has 1 aromatic carbocycles. The van der Waals surface area contributed by atoms with Gasteiger partial charge in [0.05, 0.1) is 12.3 Å². The fourth-order valence-electron chi connectivity index (χ4n) is 2.95. The summed E-state index contributed by atoms with van der Waals surface area (Å²) in [6.45, 7) is 4.87. The van der Waals surface area contributed by atoms with E-state index in [0.29, 0.717) is 37.1 Å². The van der Waals surface area contributed by atoms with Gasteiger partial charge in [-0.3, -0.25) is 4.79 Å². The quantitative estimate of drug-likeness (QED) is 0.754. The van der Waals surface area contributed by atoms with Crippen molar-refractivity contribution >= 4 is 11.6 Å². The number of hydrogen-bond acceptors (Lipinski definition) is 3. The van der Waals surface area contributed by atoms with Gasteiger partial charge in [0, 0.05) is 12.5 Å². The van der Waals surface area contributed by atoms with E-state index in [-0.39, 0.29) is 5.91 Å². The second kappa shape index (κ2) is 8.80. The number of amides is 1. The van der Waals surface area contributed by atoms with Gasteiger partial charge in [-0.05, 0) is 42.9 Å². The Morgan fingerprint density at radius 1 is 1.30 bits per heavy atom. The molecule has 1 aromatic rings. The summed E-state index contributed by atoms with van der Waals surface area (Å²) in [6, 6.07) is 6.21. The molecule has 0 bridgehead atoms. The highest BCUT2D eigenvalue weighted by atomic mass is 16.5. The molecule has 1 aliphatic carbocycles. The van der Waals surface area contributed by atoms with Crippen molar-refractivity contribution in [2.45, 2.75) is 64.8 Å². The Morgan fingerprint density at radius 3 is 2.70 bits per heavy atom. The van der Waals surface area contributed by atoms with Crippen molar-refractivity contribution in [3.63, 3.8) is 0 Å². The summed E-state index contributed by atoms with van der Waals surface area (Å²) in [5.74, 6) is 1.35. The van der Waals surface area contributed by atoms with Gasteiger partial charge in [0.1, 0.15) is 5.75 Å². The van der Waals surface area contributed by atoms with E-state index in [0.717, 1.165) is 24.2 Å².